The van der Waals surface area contributed by atoms with Crippen LogP contribution in [0.4, 0.5) is 0 Å². The molecular formula is C23H46N4O2+2. The van der Waals surface area contributed by atoms with Gasteiger partial charge < -0.3 is 20.9 Å². The lowest BCUT2D eigenvalue weighted by Gasteiger charge is -2.46. The van der Waals surface area contributed by atoms with E-state index in [1.807, 2.05) is 4.90 Å². The molecular weight excluding hydrogens is 364 g/mol. The second-order valence-electron chi connectivity index (χ2n) is 12.4. The van der Waals surface area contributed by atoms with E-state index in [1.54, 1.807) is 6.92 Å². The van der Waals surface area contributed by atoms with Crippen LogP contribution in [0.3, 0.4) is 0 Å². The topological polar surface area (TPSA) is 82.6 Å². The molecule has 0 radical (unpaired) electrons. The average molecular weight is 411 g/mol. The zero-order chi connectivity index (χ0) is 22.3. The van der Waals surface area contributed by atoms with E-state index in [1.165, 1.54) is 0 Å². The van der Waals surface area contributed by atoms with E-state index in [2.05, 4.69) is 71.3 Å². The predicted molar refractivity (Wildman–Crippen MR) is 116 cm³/mol. The van der Waals surface area contributed by atoms with E-state index in [9.17, 15) is 9.59 Å². The minimum atomic E-state index is 0.0654. The molecule has 2 amide bonds. The van der Waals surface area contributed by atoms with Gasteiger partial charge in [-0.3, -0.25) is 9.59 Å². The van der Waals surface area contributed by atoms with Crippen LogP contribution in [0.15, 0.2) is 0 Å². The SMILES string of the molecule is CC(=O)N(CCC(=O)NC1CC(C)(C)[NH2+]C(C)(C)C1)C1CC(C)(C)[NH2+]C(C)(C)C1. The second kappa shape index (κ2) is 8.18. The molecule has 2 heterocycles. The standard InChI is InChI=1S/C23H44N4O2/c1-16(28)27(18-14-22(6,7)26-23(8,9)15-18)11-10-19(29)24-17-12-20(2,3)25-21(4,5)13-17/h17-18,25-26H,10-15H2,1-9H3,(H,24,29)/p+2. The molecule has 2 saturated heterocycles. The lowest BCUT2D eigenvalue weighted by molar-refractivity contribution is -0.789. The molecule has 6 heteroatoms. The van der Waals surface area contributed by atoms with Crippen LogP contribution in [-0.4, -0.2) is 57.5 Å². The number of carbonyl (C=O) groups excluding carboxylic acids is 2. The predicted octanol–water partition coefficient (Wildman–Crippen LogP) is 0.907. The summed E-state index contributed by atoms with van der Waals surface area (Å²) < 4.78 is 0. The molecule has 0 atom stereocenters. The van der Waals surface area contributed by atoms with Crippen molar-refractivity contribution in [1.29, 1.82) is 0 Å². The van der Waals surface area contributed by atoms with Gasteiger partial charge in [-0.2, -0.15) is 0 Å². The van der Waals surface area contributed by atoms with E-state index in [0.717, 1.165) is 25.7 Å². The number of rotatable bonds is 5. The molecule has 0 saturated carbocycles. The summed E-state index contributed by atoms with van der Waals surface area (Å²) >= 11 is 0. The van der Waals surface area contributed by atoms with Crippen LogP contribution in [-0.2, 0) is 9.59 Å². The van der Waals surface area contributed by atoms with E-state index in [-0.39, 0.29) is 46.1 Å². The minimum Gasteiger partial charge on any atom is -0.353 e. The molecule has 6 nitrogen and oxygen atoms in total. The maximum Gasteiger partial charge on any atom is 0.222 e. The smallest absolute Gasteiger partial charge is 0.222 e. The molecule has 0 aromatic carbocycles. The van der Waals surface area contributed by atoms with Crippen LogP contribution < -0.4 is 16.0 Å². The van der Waals surface area contributed by atoms with Gasteiger partial charge in [0, 0.05) is 57.7 Å². The fourth-order valence-corrected chi connectivity index (χ4v) is 6.42. The largest absolute Gasteiger partial charge is 0.353 e. The molecule has 168 valence electrons. The van der Waals surface area contributed by atoms with E-state index >= 15 is 0 Å². The van der Waals surface area contributed by atoms with Crippen molar-refractivity contribution in [3.8, 4) is 0 Å². The first kappa shape index (κ1) is 24.1. The fourth-order valence-electron chi connectivity index (χ4n) is 6.42. The molecule has 2 aliphatic heterocycles. The number of nitrogens with zero attached hydrogens (tertiary/aromatic N) is 1. The summed E-state index contributed by atoms with van der Waals surface area (Å²) in [7, 11) is 0. The summed E-state index contributed by atoms with van der Waals surface area (Å²) in [5.74, 6) is 0.140. The van der Waals surface area contributed by atoms with Gasteiger partial charge in [0.1, 0.15) is 0 Å². The molecule has 0 unspecified atom stereocenters. The second-order valence-corrected chi connectivity index (χ2v) is 12.4. The minimum absolute atomic E-state index is 0.0654. The van der Waals surface area contributed by atoms with Gasteiger partial charge in [0.2, 0.25) is 11.8 Å². The van der Waals surface area contributed by atoms with Crippen LogP contribution in [0, 0.1) is 0 Å². The summed E-state index contributed by atoms with van der Waals surface area (Å²) in [6.45, 7) is 20.1. The molecule has 0 aliphatic carbocycles. The molecule has 0 bridgehead atoms. The normalized spacial score (nSPS) is 26.0. The number of hydrogen-bond acceptors (Lipinski definition) is 2. The van der Waals surface area contributed by atoms with Crippen molar-refractivity contribution < 1.29 is 20.2 Å². The third kappa shape index (κ3) is 7.25. The molecule has 0 aromatic heterocycles. The van der Waals surface area contributed by atoms with Crippen molar-refractivity contribution in [3.63, 3.8) is 0 Å². The van der Waals surface area contributed by atoms with E-state index < -0.39 is 0 Å². The fraction of sp³-hybridized carbons (Fsp3) is 0.913. The molecule has 5 N–H and O–H groups in total. The molecule has 0 aromatic rings. The Balaban J connectivity index is 1.97. The van der Waals surface area contributed by atoms with Crippen molar-refractivity contribution in [3.05, 3.63) is 0 Å². The maximum atomic E-state index is 12.7. The van der Waals surface area contributed by atoms with Crippen molar-refractivity contribution in [2.45, 2.75) is 129 Å². The number of amides is 2. The highest BCUT2D eigenvalue weighted by molar-refractivity contribution is 5.78. The summed E-state index contributed by atoms with van der Waals surface area (Å²) in [4.78, 5) is 27.1. The van der Waals surface area contributed by atoms with Crippen molar-refractivity contribution >= 4 is 11.8 Å². The van der Waals surface area contributed by atoms with Gasteiger partial charge in [-0.1, -0.05) is 0 Å². The lowest BCUT2D eigenvalue weighted by atomic mass is 9.79. The Morgan fingerprint density at radius 2 is 1.24 bits per heavy atom. The lowest BCUT2D eigenvalue weighted by Crippen LogP contribution is -3.06. The Kier molecular flexibility index (Phi) is 6.81. The Hall–Kier alpha value is -1.14. The highest BCUT2D eigenvalue weighted by Crippen LogP contribution is 2.26. The third-order valence-corrected chi connectivity index (χ3v) is 6.42. The number of hydrogen-bond donors (Lipinski definition) is 3. The van der Waals surface area contributed by atoms with E-state index in [4.69, 9.17) is 0 Å². The van der Waals surface area contributed by atoms with Crippen LogP contribution in [0.5, 0.6) is 0 Å². The first-order valence-electron chi connectivity index (χ1n) is 11.3. The number of nitrogens with two attached hydrogens (primary N) is 2. The van der Waals surface area contributed by atoms with Crippen LogP contribution in [0.2, 0.25) is 0 Å². The van der Waals surface area contributed by atoms with Crippen LogP contribution in [0.1, 0.15) is 94.4 Å². The first-order chi connectivity index (χ1) is 13.0. The number of nitrogens with one attached hydrogen (secondary N) is 1. The Labute approximate surface area is 177 Å². The number of piperidine rings is 2. The highest BCUT2D eigenvalue weighted by Gasteiger charge is 2.45. The Morgan fingerprint density at radius 3 is 1.66 bits per heavy atom. The third-order valence-electron chi connectivity index (χ3n) is 6.42. The summed E-state index contributed by atoms with van der Waals surface area (Å²) in [5, 5.41) is 8.10. The molecule has 29 heavy (non-hydrogen) atoms. The van der Waals surface area contributed by atoms with Crippen molar-refractivity contribution in [1.82, 2.24) is 10.2 Å². The van der Waals surface area contributed by atoms with Gasteiger partial charge in [0.05, 0.1) is 22.2 Å². The Bertz CT molecular complexity index is 592. The number of quaternary nitrogens is 2. The van der Waals surface area contributed by atoms with Gasteiger partial charge in [-0.05, 0) is 55.4 Å². The quantitative estimate of drug-likeness (QED) is 0.629. The zero-order valence-electron chi connectivity index (χ0n) is 20.3. The molecule has 2 aliphatic rings. The van der Waals surface area contributed by atoms with Crippen LogP contribution >= 0.6 is 0 Å². The summed E-state index contributed by atoms with van der Waals surface area (Å²) in [5.41, 5.74) is 0.442. The summed E-state index contributed by atoms with van der Waals surface area (Å²) in [6.07, 6.45) is 4.23. The summed E-state index contributed by atoms with van der Waals surface area (Å²) in [6, 6.07) is 0.392. The molecule has 2 rings (SSSR count). The van der Waals surface area contributed by atoms with Gasteiger partial charge in [0.25, 0.3) is 0 Å². The van der Waals surface area contributed by atoms with Crippen molar-refractivity contribution in [2.24, 2.45) is 0 Å². The van der Waals surface area contributed by atoms with Crippen LogP contribution in [0.25, 0.3) is 0 Å². The number of carbonyl (C=O) groups is 2. The Morgan fingerprint density at radius 1 is 0.828 bits per heavy atom. The van der Waals surface area contributed by atoms with Gasteiger partial charge >= 0.3 is 0 Å². The van der Waals surface area contributed by atoms with Gasteiger partial charge in [0.15, 0.2) is 0 Å². The van der Waals surface area contributed by atoms with E-state index in [0.29, 0.717) is 13.0 Å². The first-order valence-corrected chi connectivity index (χ1v) is 11.3. The zero-order valence-corrected chi connectivity index (χ0v) is 20.3. The monoisotopic (exact) mass is 410 g/mol. The van der Waals surface area contributed by atoms with Gasteiger partial charge in [-0.15, -0.1) is 0 Å². The molecule has 0 spiro atoms. The average Bonchev–Trinajstić information content (AvgIpc) is 2.39. The molecule has 2 fully saturated rings. The van der Waals surface area contributed by atoms with Gasteiger partial charge in [-0.25, -0.2) is 0 Å². The van der Waals surface area contributed by atoms with Crippen molar-refractivity contribution in [2.75, 3.05) is 6.54 Å². The maximum absolute atomic E-state index is 12.7. The highest BCUT2D eigenvalue weighted by atomic mass is 16.2.